The summed E-state index contributed by atoms with van der Waals surface area (Å²) in [7, 11) is 1.64. The average Bonchev–Trinajstić information content (AvgIpc) is 3.38. The second-order valence-corrected chi connectivity index (χ2v) is 7.35. The summed E-state index contributed by atoms with van der Waals surface area (Å²) in [5.74, 6) is 2.43. The van der Waals surface area contributed by atoms with Gasteiger partial charge in [0.2, 0.25) is 17.6 Å². The fraction of sp³-hybridized carbons (Fsp3) is 0.550. The highest BCUT2D eigenvalue weighted by Crippen LogP contribution is 2.28. The van der Waals surface area contributed by atoms with Crippen molar-refractivity contribution in [3.63, 3.8) is 0 Å². The molecule has 0 spiro atoms. The Labute approximate surface area is 159 Å². The quantitative estimate of drug-likeness (QED) is 0.805. The van der Waals surface area contributed by atoms with Crippen molar-refractivity contribution < 1.29 is 14.1 Å². The van der Waals surface area contributed by atoms with E-state index in [0.717, 1.165) is 56.8 Å². The number of rotatable bonds is 5. The normalized spacial score (nSPS) is 20.8. The van der Waals surface area contributed by atoms with Crippen LogP contribution in [0.2, 0.25) is 0 Å². The SMILES string of the molecule is COc1cccc(-c2noc([C@H]3CCN(CC(=O)N4CCCCC4)C3)n2)c1. The number of likely N-dealkylation sites (tertiary alicyclic amines) is 2. The van der Waals surface area contributed by atoms with E-state index in [2.05, 4.69) is 15.0 Å². The molecule has 1 atom stereocenters. The molecule has 0 radical (unpaired) electrons. The zero-order valence-electron chi connectivity index (χ0n) is 15.8. The summed E-state index contributed by atoms with van der Waals surface area (Å²) in [5.41, 5.74) is 0.875. The molecule has 2 aromatic rings. The third-order valence-electron chi connectivity index (χ3n) is 5.46. The maximum Gasteiger partial charge on any atom is 0.236 e. The van der Waals surface area contributed by atoms with Gasteiger partial charge >= 0.3 is 0 Å². The van der Waals surface area contributed by atoms with Gasteiger partial charge in [0.05, 0.1) is 19.6 Å². The Bertz CT molecular complexity index is 785. The molecule has 27 heavy (non-hydrogen) atoms. The fourth-order valence-electron chi connectivity index (χ4n) is 3.89. The van der Waals surface area contributed by atoms with Crippen LogP contribution in [-0.4, -0.2) is 65.7 Å². The minimum Gasteiger partial charge on any atom is -0.497 e. The van der Waals surface area contributed by atoms with Crippen LogP contribution in [0.3, 0.4) is 0 Å². The monoisotopic (exact) mass is 370 g/mol. The molecule has 2 saturated heterocycles. The largest absolute Gasteiger partial charge is 0.497 e. The van der Waals surface area contributed by atoms with Crippen LogP contribution in [0.15, 0.2) is 28.8 Å². The first kappa shape index (κ1) is 18.0. The summed E-state index contributed by atoms with van der Waals surface area (Å²) in [6, 6.07) is 7.63. The van der Waals surface area contributed by atoms with E-state index in [1.807, 2.05) is 29.2 Å². The molecule has 7 heteroatoms. The number of hydrogen-bond donors (Lipinski definition) is 0. The molecule has 0 bridgehead atoms. The van der Waals surface area contributed by atoms with E-state index in [1.165, 1.54) is 6.42 Å². The lowest BCUT2D eigenvalue weighted by Crippen LogP contribution is -2.42. The van der Waals surface area contributed by atoms with E-state index in [0.29, 0.717) is 18.3 Å². The molecule has 0 unspecified atom stereocenters. The predicted molar refractivity (Wildman–Crippen MR) is 101 cm³/mol. The number of benzene rings is 1. The average molecular weight is 370 g/mol. The van der Waals surface area contributed by atoms with E-state index in [9.17, 15) is 4.79 Å². The number of ether oxygens (including phenoxy) is 1. The van der Waals surface area contributed by atoms with Crippen molar-refractivity contribution in [2.75, 3.05) is 39.8 Å². The van der Waals surface area contributed by atoms with E-state index in [4.69, 9.17) is 9.26 Å². The summed E-state index contributed by atoms with van der Waals surface area (Å²) in [5, 5.41) is 4.13. The molecule has 1 amide bonds. The van der Waals surface area contributed by atoms with E-state index < -0.39 is 0 Å². The number of carbonyl (C=O) groups excluding carboxylic acids is 1. The Balaban J connectivity index is 1.36. The van der Waals surface area contributed by atoms with Gasteiger partial charge in [-0.15, -0.1) is 0 Å². The summed E-state index contributed by atoms with van der Waals surface area (Å²) in [6.07, 6.45) is 4.43. The molecule has 1 aromatic carbocycles. The highest BCUT2D eigenvalue weighted by Gasteiger charge is 2.30. The van der Waals surface area contributed by atoms with Crippen LogP contribution in [0.5, 0.6) is 5.75 Å². The van der Waals surface area contributed by atoms with Gasteiger partial charge in [0.1, 0.15) is 5.75 Å². The van der Waals surface area contributed by atoms with E-state index >= 15 is 0 Å². The first-order valence-corrected chi connectivity index (χ1v) is 9.71. The Morgan fingerprint density at radius 2 is 2.11 bits per heavy atom. The van der Waals surface area contributed by atoms with Gasteiger partial charge in [-0.3, -0.25) is 9.69 Å². The Kier molecular flexibility index (Phi) is 5.38. The van der Waals surface area contributed by atoms with Crippen molar-refractivity contribution in [3.05, 3.63) is 30.2 Å². The highest BCUT2D eigenvalue weighted by molar-refractivity contribution is 5.78. The van der Waals surface area contributed by atoms with Crippen molar-refractivity contribution >= 4 is 5.91 Å². The van der Waals surface area contributed by atoms with Crippen LogP contribution < -0.4 is 4.74 Å². The molecule has 144 valence electrons. The Morgan fingerprint density at radius 3 is 2.93 bits per heavy atom. The van der Waals surface area contributed by atoms with Gasteiger partial charge in [-0.25, -0.2) is 0 Å². The molecule has 2 aliphatic heterocycles. The second-order valence-electron chi connectivity index (χ2n) is 7.35. The summed E-state index contributed by atoms with van der Waals surface area (Å²) < 4.78 is 10.8. The number of aromatic nitrogens is 2. The molecule has 3 heterocycles. The van der Waals surface area contributed by atoms with Crippen LogP contribution >= 0.6 is 0 Å². The van der Waals surface area contributed by atoms with Gasteiger partial charge in [0, 0.05) is 25.2 Å². The number of methoxy groups -OCH3 is 1. The zero-order chi connectivity index (χ0) is 18.6. The van der Waals surface area contributed by atoms with Gasteiger partial charge < -0.3 is 14.2 Å². The van der Waals surface area contributed by atoms with Gasteiger partial charge in [-0.2, -0.15) is 4.98 Å². The van der Waals surface area contributed by atoms with Crippen molar-refractivity contribution in [2.45, 2.75) is 31.6 Å². The molecule has 2 fully saturated rings. The van der Waals surface area contributed by atoms with Crippen LogP contribution in [-0.2, 0) is 4.79 Å². The lowest BCUT2D eigenvalue weighted by molar-refractivity contribution is -0.133. The van der Waals surface area contributed by atoms with Gasteiger partial charge in [-0.1, -0.05) is 17.3 Å². The molecule has 1 aromatic heterocycles. The van der Waals surface area contributed by atoms with Crippen LogP contribution in [0.1, 0.15) is 37.5 Å². The lowest BCUT2D eigenvalue weighted by Gasteiger charge is -2.28. The number of amides is 1. The number of nitrogens with zero attached hydrogens (tertiary/aromatic N) is 4. The molecule has 0 saturated carbocycles. The number of piperidine rings is 1. The summed E-state index contributed by atoms with van der Waals surface area (Å²) in [6.45, 7) is 3.99. The summed E-state index contributed by atoms with van der Waals surface area (Å²) >= 11 is 0. The van der Waals surface area contributed by atoms with E-state index in [1.54, 1.807) is 7.11 Å². The van der Waals surface area contributed by atoms with Crippen molar-refractivity contribution in [1.29, 1.82) is 0 Å². The number of hydrogen-bond acceptors (Lipinski definition) is 6. The first-order chi connectivity index (χ1) is 13.2. The second kappa shape index (κ2) is 8.08. The van der Waals surface area contributed by atoms with Crippen molar-refractivity contribution in [2.24, 2.45) is 0 Å². The molecule has 4 rings (SSSR count). The maximum atomic E-state index is 12.5. The zero-order valence-corrected chi connectivity index (χ0v) is 15.8. The standard InChI is InChI=1S/C20H26N4O3/c1-26-17-7-5-6-15(12-17)19-21-20(27-22-19)16-8-11-23(13-16)14-18(25)24-9-3-2-4-10-24/h5-7,12,16H,2-4,8-11,13-14H2,1H3/t16-/m0/s1. The third-order valence-corrected chi connectivity index (χ3v) is 5.46. The lowest BCUT2D eigenvalue weighted by atomic mass is 10.1. The topological polar surface area (TPSA) is 71.7 Å². The Morgan fingerprint density at radius 1 is 1.26 bits per heavy atom. The van der Waals surface area contributed by atoms with Gasteiger partial charge in [-0.05, 0) is 44.4 Å². The molecular formula is C20H26N4O3. The molecule has 2 aliphatic rings. The van der Waals surface area contributed by atoms with Gasteiger partial charge in [0.25, 0.3) is 0 Å². The number of carbonyl (C=O) groups is 1. The van der Waals surface area contributed by atoms with Crippen molar-refractivity contribution in [1.82, 2.24) is 19.9 Å². The highest BCUT2D eigenvalue weighted by atomic mass is 16.5. The fourth-order valence-corrected chi connectivity index (χ4v) is 3.89. The van der Waals surface area contributed by atoms with Crippen LogP contribution in [0.25, 0.3) is 11.4 Å². The Hall–Kier alpha value is -2.41. The predicted octanol–water partition coefficient (Wildman–Crippen LogP) is 2.55. The van der Waals surface area contributed by atoms with Gasteiger partial charge in [0.15, 0.2) is 0 Å². The summed E-state index contributed by atoms with van der Waals surface area (Å²) in [4.78, 5) is 21.3. The van der Waals surface area contributed by atoms with E-state index in [-0.39, 0.29) is 11.8 Å². The minimum atomic E-state index is 0.186. The maximum absolute atomic E-state index is 12.5. The minimum absolute atomic E-state index is 0.186. The molecule has 0 N–H and O–H groups in total. The van der Waals surface area contributed by atoms with Crippen LogP contribution in [0, 0.1) is 0 Å². The smallest absolute Gasteiger partial charge is 0.236 e. The van der Waals surface area contributed by atoms with Crippen LogP contribution in [0.4, 0.5) is 0 Å². The first-order valence-electron chi connectivity index (χ1n) is 9.71. The molecular weight excluding hydrogens is 344 g/mol. The molecule has 7 nitrogen and oxygen atoms in total. The van der Waals surface area contributed by atoms with Crippen molar-refractivity contribution in [3.8, 4) is 17.1 Å². The third kappa shape index (κ3) is 4.13. The molecule has 0 aliphatic carbocycles.